The highest BCUT2D eigenvalue weighted by molar-refractivity contribution is 6.11. The lowest BCUT2D eigenvalue weighted by Crippen LogP contribution is -2.25. The van der Waals surface area contributed by atoms with Gasteiger partial charge < -0.3 is 10.6 Å². The van der Waals surface area contributed by atoms with E-state index >= 15 is 0 Å². The number of aryl methyl sites for hydroxylation is 2. The van der Waals surface area contributed by atoms with E-state index in [4.69, 9.17) is 0 Å². The largest absolute Gasteiger partial charge is 0.355 e. The average Bonchev–Trinajstić information content (AvgIpc) is 3.57. The maximum absolute atomic E-state index is 12.9. The zero-order valence-corrected chi connectivity index (χ0v) is 16.1. The van der Waals surface area contributed by atoms with Gasteiger partial charge in [0.1, 0.15) is 0 Å². The van der Waals surface area contributed by atoms with Gasteiger partial charge in [0.2, 0.25) is 0 Å². The summed E-state index contributed by atoms with van der Waals surface area (Å²) in [4.78, 5) is 25.2. The molecule has 2 aliphatic carbocycles. The van der Waals surface area contributed by atoms with Crippen LogP contribution in [-0.2, 0) is 12.8 Å². The Morgan fingerprint density at radius 3 is 2.41 bits per heavy atom. The first kappa shape index (κ1) is 17.7. The van der Waals surface area contributed by atoms with Gasteiger partial charge in [-0.25, -0.2) is 0 Å². The lowest BCUT2D eigenvalue weighted by molar-refractivity contribution is 0.0950. The van der Waals surface area contributed by atoms with Gasteiger partial charge in [-0.1, -0.05) is 30.3 Å². The number of ketones is 1. The number of nitrogens with one attached hydrogen (secondary N) is 2. The minimum Gasteiger partial charge on any atom is -0.355 e. The van der Waals surface area contributed by atoms with E-state index in [-0.39, 0.29) is 11.7 Å². The molecule has 0 heterocycles. The Labute approximate surface area is 170 Å². The molecule has 0 unspecified atom stereocenters. The van der Waals surface area contributed by atoms with E-state index in [1.165, 1.54) is 0 Å². The third kappa shape index (κ3) is 3.66. The Kier molecular flexibility index (Phi) is 4.39. The van der Waals surface area contributed by atoms with Crippen LogP contribution in [0.4, 0.5) is 11.4 Å². The molecule has 2 N–H and O–H groups in total. The number of anilines is 2. The summed E-state index contributed by atoms with van der Waals surface area (Å²) in [7, 11) is 0. The average molecular weight is 382 g/mol. The fourth-order valence-corrected chi connectivity index (χ4v) is 3.88. The normalized spacial score (nSPS) is 15.1. The number of rotatable bonds is 4. The van der Waals surface area contributed by atoms with Crippen molar-refractivity contribution in [1.82, 2.24) is 5.32 Å². The van der Waals surface area contributed by atoms with E-state index in [1.54, 1.807) is 0 Å². The summed E-state index contributed by atoms with van der Waals surface area (Å²) in [6, 6.07) is 21.6. The SMILES string of the molecule is O=C(NC1CC1)c1cccc(Nc2ccc3c(c2)CCc2ccccc2C3=O)c1. The fraction of sp³-hybridized carbons (Fsp3) is 0.200. The van der Waals surface area contributed by atoms with Gasteiger partial charge in [0.15, 0.2) is 5.78 Å². The lowest BCUT2D eigenvalue weighted by atomic mass is 9.98. The molecule has 1 saturated carbocycles. The highest BCUT2D eigenvalue weighted by atomic mass is 16.1. The summed E-state index contributed by atoms with van der Waals surface area (Å²) in [6.45, 7) is 0. The second kappa shape index (κ2) is 7.21. The van der Waals surface area contributed by atoms with E-state index in [0.29, 0.717) is 11.6 Å². The van der Waals surface area contributed by atoms with Gasteiger partial charge in [0, 0.05) is 34.1 Å². The minimum atomic E-state index is -0.0264. The third-order valence-corrected chi connectivity index (χ3v) is 5.60. The smallest absolute Gasteiger partial charge is 0.251 e. The van der Waals surface area contributed by atoms with Gasteiger partial charge in [-0.05, 0) is 73.2 Å². The summed E-state index contributed by atoms with van der Waals surface area (Å²) >= 11 is 0. The molecular weight excluding hydrogens is 360 g/mol. The monoisotopic (exact) mass is 382 g/mol. The van der Waals surface area contributed by atoms with E-state index in [2.05, 4.69) is 16.7 Å². The Bertz CT molecular complexity index is 1120. The van der Waals surface area contributed by atoms with E-state index < -0.39 is 0 Å². The van der Waals surface area contributed by atoms with Crippen LogP contribution in [0.2, 0.25) is 0 Å². The quantitative estimate of drug-likeness (QED) is 0.690. The van der Waals surface area contributed by atoms with Crippen molar-refractivity contribution in [1.29, 1.82) is 0 Å². The van der Waals surface area contributed by atoms with Crippen LogP contribution in [0.5, 0.6) is 0 Å². The van der Waals surface area contributed by atoms with Crippen molar-refractivity contribution in [2.75, 3.05) is 5.32 Å². The number of benzene rings is 3. The number of carbonyl (C=O) groups is 2. The molecular formula is C25H22N2O2. The van der Waals surface area contributed by atoms with Crippen LogP contribution >= 0.6 is 0 Å². The maximum Gasteiger partial charge on any atom is 0.251 e. The van der Waals surface area contributed by atoms with Crippen LogP contribution in [0.1, 0.15) is 50.2 Å². The van der Waals surface area contributed by atoms with Crippen LogP contribution < -0.4 is 10.6 Å². The molecule has 4 nitrogen and oxygen atoms in total. The van der Waals surface area contributed by atoms with Crippen molar-refractivity contribution in [3.05, 3.63) is 94.5 Å². The summed E-state index contributed by atoms with van der Waals surface area (Å²) < 4.78 is 0. The zero-order valence-electron chi connectivity index (χ0n) is 16.1. The molecule has 0 radical (unpaired) electrons. The van der Waals surface area contributed by atoms with E-state index in [0.717, 1.165) is 59.3 Å². The molecule has 0 saturated heterocycles. The van der Waals surface area contributed by atoms with Gasteiger partial charge in [-0.2, -0.15) is 0 Å². The second-order valence-corrected chi connectivity index (χ2v) is 7.81. The minimum absolute atomic E-state index is 0.0264. The van der Waals surface area contributed by atoms with Crippen LogP contribution in [0.25, 0.3) is 0 Å². The number of carbonyl (C=O) groups excluding carboxylic acids is 2. The fourth-order valence-electron chi connectivity index (χ4n) is 3.88. The standard InChI is InChI=1S/C25H22N2O2/c28-24-22-7-2-1-4-16(22)8-9-17-14-21(12-13-23(17)24)26-20-6-3-5-18(15-20)25(29)27-19-10-11-19/h1-7,12-15,19,26H,8-11H2,(H,27,29). The Morgan fingerprint density at radius 2 is 1.55 bits per heavy atom. The molecule has 1 amide bonds. The van der Waals surface area contributed by atoms with Crippen molar-refractivity contribution < 1.29 is 9.59 Å². The molecule has 29 heavy (non-hydrogen) atoms. The van der Waals surface area contributed by atoms with Crippen molar-refractivity contribution in [2.24, 2.45) is 0 Å². The van der Waals surface area contributed by atoms with Crippen LogP contribution in [0, 0.1) is 0 Å². The highest BCUT2D eigenvalue weighted by Crippen LogP contribution is 2.28. The molecule has 0 bridgehead atoms. The van der Waals surface area contributed by atoms with Crippen LogP contribution in [-0.4, -0.2) is 17.7 Å². The van der Waals surface area contributed by atoms with Crippen molar-refractivity contribution >= 4 is 23.1 Å². The highest BCUT2D eigenvalue weighted by Gasteiger charge is 2.24. The molecule has 2 aliphatic rings. The first-order chi connectivity index (χ1) is 14.2. The summed E-state index contributed by atoms with van der Waals surface area (Å²) in [6.07, 6.45) is 3.83. The van der Waals surface area contributed by atoms with Crippen molar-refractivity contribution in [3.8, 4) is 0 Å². The lowest BCUT2D eigenvalue weighted by Gasteiger charge is -2.12. The Hall–Kier alpha value is -3.40. The van der Waals surface area contributed by atoms with Crippen LogP contribution in [0.3, 0.4) is 0 Å². The molecule has 0 atom stereocenters. The molecule has 0 aromatic heterocycles. The Balaban J connectivity index is 1.38. The number of amides is 1. The first-order valence-electron chi connectivity index (χ1n) is 10.1. The molecule has 4 heteroatoms. The van der Waals surface area contributed by atoms with Crippen LogP contribution in [0.15, 0.2) is 66.7 Å². The molecule has 0 aliphatic heterocycles. The zero-order chi connectivity index (χ0) is 19.8. The van der Waals surface area contributed by atoms with Crippen molar-refractivity contribution in [3.63, 3.8) is 0 Å². The van der Waals surface area contributed by atoms with E-state index in [9.17, 15) is 9.59 Å². The molecule has 5 rings (SSSR count). The predicted octanol–water partition coefficient (Wildman–Crippen LogP) is 4.65. The number of fused-ring (bicyclic) bond motifs is 2. The topological polar surface area (TPSA) is 58.2 Å². The van der Waals surface area contributed by atoms with Crippen molar-refractivity contribution in [2.45, 2.75) is 31.7 Å². The van der Waals surface area contributed by atoms with Gasteiger partial charge in [-0.3, -0.25) is 9.59 Å². The van der Waals surface area contributed by atoms with Gasteiger partial charge in [0.05, 0.1) is 0 Å². The molecule has 0 spiro atoms. The Morgan fingerprint density at radius 1 is 0.793 bits per heavy atom. The molecule has 3 aromatic rings. The summed E-state index contributed by atoms with van der Waals surface area (Å²) in [5, 5.41) is 6.40. The molecule has 3 aromatic carbocycles. The second-order valence-electron chi connectivity index (χ2n) is 7.81. The number of hydrogen-bond acceptors (Lipinski definition) is 3. The van der Waals surface area contributed by atoms with Gasteiger partial charge >= 0.3 is 0 Å². The third-order valence-electron chi connectivity index (χ3n) is 5.60. The molecule has 144 valence electrons. The predicted molar refractivity (Wildman–Crippen MR) is 114 cm³/mol. The first-order valence-corrected chi connectivity index (χ1v) is 10.1. The van der Waals surface area contributed by atoms with E-state index in [1.807, 2.05) is 60.7 Å². The number of hydrogen-bond donors (Lipinski definition) is 2. The van der Waals surface area contributed by atoms with Gasteiger partial charge in [-0.15, -0.1) is 0 Å². The van der Waals surface area contributed by atoms with Gasteiger partial charge in [0.25, 0.3) is 5.91 Å². The summed E-state index contributed by atoms with van der Waals surface area (Å²) in [5.74, 6) is 0.0693. The molecule has 1 fully saturated rings. The summed E-state index contributed by atoms with van der Waals surface area (Å²) in [5.41, 5.74) is 6.18. The maximum atomic E-state index is 12.9.